The second-order valence-corrected chi connectivity index (χ2v) is 5.07. The lowest BCUT2D eigenvalue weighted by molar-refractivity contribution is -0.324. The Morgan fingerprint density at radius 1 is 0.882 bits per heavy atom. The van der Waals surface area contributed by atoms with Crippen molar-refractivity contribution in [2.24, 2.45) is 0 Å². The van der Waals surface area contributed by atoms with Crippen LogP contribution in [0.1, 0.15) is 54.4 Å². The molecule has 5 heteroatoms. The van der Waals surface area contributed by atoms with Gasteiger partial charge in [-0.3, -0.25) is 4.89 Å². The number of carbonyl (C=O) groups excluding carboxylic acids is 2. The van der Waals surface area contributed by atoms with Crippen molar-refractivity contribution < 1.29 is 24.1 Å². The molecule has 0 rings (SSSR count). The minimum atomic E-state index is -1.13. The Bertz CT molecular complexity index is 281. The zero-order valence-electron chi connectivity index (χ0n) is 11.5. The van der Waals surface area contributed by atoms with E-state index < -0.39 is 23.1 Å². The average molecular weight is 246 g/mol. The van der Waals surface area contributed by atoms with Crippen molar-refractivity contribution in [1.82, 2.24) is 0 Å². The zero-order valence-corrected chi connectivity index (χ0v) is 11.5. The predicted octanol–water partition coefficient (Wildman–Crippen LogP) is 2.38. The van der Waals surface area contributed by atoms with E-state index in [1.165, 1.54) is 0 Å². The van der Waals surface area contributed by atoms with Crippen LogP contribution in [0.2, 0.25) is 0 Å². The summed E-state index contributed by atoms with van der Waals surface area (Å²) in [6, 6.07) is 0. The van der Waals surface area contributed by atoms with Crippen LogP contribution in [0, 0.1) is 0 Å². The molecular weight excluding hydrogens is 224 g/mol. The van der Waals surface area contributed by atoms with Gasteiger partial charge in [-0.1, -0.05) is 13.8 Å². The maximum Gasteiger partial charge on any atom is 0.449 e. The number of carbonyl (C=O) groups is 2. The quantitative estimate of drug-likeness (QED) is 0.322. The van der Waals surface area contributed by atoms with E-state index in [0.29, 0.717) is 12.8 Å². The summed E-state index contributed by atoms with van der Waals surface area (Å²) in [7, 11) is 0. The Balaban J connectivity index is 4.21. The van der Waals surface area contributed by atoms with Crippen LogP contribution in [0.5, 0.6) is 0 Å². The third kappa shape index (κ3) is 6.26. The molecule has 0 spiro atoms. The van der Waals surface area contributed by atoms with Crippen molar-refractivity contribution in [3.63, 3.8) is 0 Å². The van der Waals surface area contributed by atoms with Gasteiger partial charge in [-0.25, -0.2) is 9.59 Å². The molecule has 0 radical (unpaired) electrons. The zero-order chi connectivity index (χ0) is 13.7. The number of esters is 1. The topological polar surface area (TPSA) is 61.8 Å². The molecule has 0 N–H and O–H groups in total. The van der Waals surface area contributed by atoms with Crippen molar-refractivity contribution in [3.8, 4) is 0 Å². The maximum atomic E-state index is 11.3. The Kier molecular flexibility index (Phi) is 5.61. The highest BCUT2D eigenvalue weighted by molar-refractivity contribution is 6.29. The SMILES string of the molecule is CCC(C)(C)OOC(=O)C(=O)OC(C)(C)CC. The summed E-state index contributed by atoms with van der Waals surface area (Å²) < 4.78 is 4.95. The molecule has 0 atom stereocenters. The first-order valence-electron chi connectivity index (χ1n) is 5.76. The van der Waals surface area contributed by atoms with E-state index in [1.807, 2.05) is 13.8 Å². The normalized spacial score (nSPS) is 12.1. The van der Waals surface area contributed by atoms with Crippen LogP contribution >= 0.6 is 0 Å². The average Bonchev–Trinajstić information content (AvgIpc) is 2.25. The van der Waals surface area contributed by atoms with Gasteiger partial charge < -0.3 is 4.74 Å². The lowest BCUT2D eigenvalue weighted by Gasteiger charge is -2.23. The van der Waals surface area contributed by atoms with E-state index >= 15 is 0 Å². The standard InChI is InChI=1S/C12H22O5/c1-7-11(3,4)15-9(13)10(14)16-17-12(5,6)8-2/h7-8H2,1-6H3. The second kappa shape index (κ2) is 6.00. The van der Waals surface area contributed by atoms with Gasteiger partial charge in [0, 0.05) is 0 Å². The summed E-state index contributed by atoms with van der Waals surface area (Å²) in [5.74, 6) is -2.17. The van der Waals surface area contributed by atoms with Gasteiger partial charge in [-0.2, -0.15) is 4.89 Å². The van der Waals surface area contributed by atoms with Crippen LogP contribution in [-0.2, 0) is 24.1 Å². The molecule has 0 heterocycles. The van der Waals surface area contributed by atoms with Gasteiger partial charge in [-0.15, -0.1) is 0 Å². The third-order valence-electron chi connectivity index (χ3n) is 2.58. The Morgan fingerprint density at radius 2 is 1.35 bits per heavy atom. The highest BCUT2D eigenvalue weighted by Gasteiger charge is 2.29. The fraction of sp³-hybridized carbons (Fsp3) is 0.833. The molecule has 0 unspecified atom stereocenters. The third-order valence-corrected chi connectivity index (χ3v) is 2.58. The van der Waals surface area contributed by atoms with Crippen LogP contribution in [0.3, 0.4) is 0 Å². The van der Waals surface area contributed by atoms with Crippen LogP contribution in [0.25, 0.3) is 0 Å². The fourth-order valence-electron chi connectivity index (χ4n) is 0.608. The molecule has 0 aliphatic heterocycles. The van der Waals surface area contributed by atoms with Crippen molar-refractivity contribution in [2.75, 3.05) is 0 Å². The molecule has 100 valence electrons. The maximum absolute atomic E-state index is 11.3. The minimum absolute atomic E-state index is 0.604. The fourth-order valence-corrected chi connectivity index (χ4v) is 0.608. The molecular formula is C12H22O5. The second-order valence-electron chi connectivity index (χ2n) is 5.07. The molecule has 0 saturated heterocycles. The molecule has 0 aromatic heterocycles. The van der Waals surface area contributed by atoms with Gasteiger partial charge in [0.1, 0.15) is 11.2 Å². The summed E-state index contributed by atoms with van der Waals surface area (Å²) in [4.78, 5) is 31.9. The van der Waals surface area contributed by atoms with E-state index in [4.69, 9.17) is 9.62 Å². The van der Waals surface area contributed by atoms with Gasteiger partial charge >= 0.3 is 11.9 Å². The minimum Gasteiger partial charge on any atom is -0.451 e. The largest absolute Gasteiger partial charge is 0.451 e. The molecule has 0 saturated carbocycles. The predicted molar refractivity (Wildman–Crippen MR) is 62.0 cm³/mol. The first kappa shape index (κ1) is 15.9. The lowest BCUT2D eigenvalue weighted by atomic mass is 10.1. The Hall–Kier alpha value is -1.10. The summed E-state index contributed by atoms with van der Waals surface area (Å²) in [5, 5.41) is 0. The van der Waals surface area contributed by atoms with Crippen LogP contribution in [0.15, 0.2) is 0 Å². The van der Waals surface area contributed by atoms with Gasteiger partial charge in [0.2, 0.25) is 0 Å². The summed E-state index contributed by atoms with van der Waals surface area (Å²) in [5.41, 5.74) is -1.30. The number of hydrogen-bond acceptors (Lipinski definition) is 5. The van der Waals surface area contributed by atoms with E-state index in [9.17, 15) is 9.59 Å². The van der Waals surface area contributed by atoms with Crippen molar-refractivity contribution in [2.45, 2.75) is 65.6 Å². The van der Waals surface area contributed by atoms with Crippen LogP contribution in [0.4, 0.5) is 0 Å². The van der Waals surface area contributed by atoms with Crippen LogP contribution < -0.4 is 0 Å². The molecule has 0 aromatic rings. The molecule has 0 aromatic carbocycles. The smallest absolute Gasteiger partial charge is 0.449 e. The number of hydrogen-bond donors (Lipinski definition) is 0. The first-order valence-corrected chi connectivity index (χ1v) is 5.76. The van der Waals surface area contributed by atoms with Crippen molar-refractivity contribution >= 4 is 11.9 Å². The van der Waals surface area contributed by atoms with E-state index in [0.717, 1.165) is 0 Å². The highest BCUT2D eigenvalue weighted by atomic mass is 17.2. The molecule has 17 heavy (non-hydrogen) atoms. The molecule has 0 aliphatic rings. The van der Waals surface area contributed by atoms with Crippen LogP contribution in [-0.4, -0.2) is 23.1 Å². The molecule has 0 fully saturated rings. The van der Waals surface area contributed by atoms with E-state index in [-0.39, 0.29) is 0 Å². The highest BCUT2D eigenvalue weighted by Crippen LogP contribution is 2.16. The molecule has 0 amide bonds. The lowest BCUT2D eigenvalue weighted by Crippen LogP contribution is -2.34. The Morgan fingerprint density at radius 3 is 1.76 bits per heavy atom. The van der Waals surface area contributed by atoms with Gasteiger partial charge in [0.25, 0.3) is 0 Å². The van der Waals surface area contributed by atoms with E-state index in [2.05, 4.69) is 4.89 Å². The summed E-state index contributed by atoms with van der Waals surface area (Å²) >= 11 is 0. The van der Waals surface area contributed by atoms with Gasteiger partial charge in [-0.05, 0) is 40.5 Å². The van der Waals surface area contributed by atoms with E-state index in [1.54, 1.807) is 27.7 Å². The molecule has 0 bridgehead atoms. The molecule has 5 nitrogen and oxygen atoms in total. The number of ether oxygens (including phenoxy) is 1. The van der Waals surface area contributed by atoms with Gasteiger partial charge in [0.15, 0.2) is 0 Å². The first-order chi connectivity index (χ1) is 7.63. The van der Waals surface area contributed by atoms with Crippen molar-refractivity contribution in [3.05, 3.63) is 0 Å². The molecule has 0 aliphatic carbocycles. The summed E-state index contributed by atoms with van der Waals surface area (Å²) in [6.07, 6.45) is 1.25. The number of rotatable bonds is 5. The van der Waals surface area contributed by atoms with Gasteiger partial charge in [0.05, 0.1) is 0 Å². The summed E-state index contributed by atoms with van der Waals surface area (Å²) in [6.45, 7) is 10.7. The monoisotopic (exact) mass is 246 g/mol. The van der Waals surface area contributed by atoms with Crippen molar-refractivity contribution in [1.29, 1.82) is 0 Å². The Labute approximate surface area is 102 Å².